The minimum Gasteiger partial charge on any atom is -0.444 e. The van der Waals surface area contributed by atoms with Crippen molar-refractivity contribution in [3.8, 4) is 0 Å². The van der Waals surface area contributed by atoms with Crippen LogP contribution < -0.4 is 5.32 Å². The molecule has 0 aromatic carbocycles. The number of nitrogens with one attached hydrogen (secondary N) is 1. The maximum absolute atomic E-state index is 11.5. The zero-order valence-corrected chi connectivity index (χ0v) is 10.1. The van der Waals surface area contributed by atoms with Gasteiger partial charge in [0.1, 0.15) is 11.5 Å². The number of amides is 1. The van der Waals surface area contributed by atoms with Crippen molar-refractivity contribution in [3.05, 3.63) is 5.57 Å². The maximum atomic E-state index is 11.5. The van der Waals surface area contributed by atoms with E-state index in [-0.39, 0.29) is 12.1 Å². The molecule has 4 nitrogen and oxygen atoms in total. The first-order valence-corrected chi connectivity index (χ1v) is 5.63. The third kappa shape index (κ3) is 4.49. The SMILES string of the molecule is CC(C)(C)OC(=O)NC1CCC(=C=O)CC1. The molecule has 1 fully saturated rings. The minimum atomic E-state index is -0.466. The number of hydrogen-bond acceptors (Lipinski definition) is 3. The van der Waals surface area contributed by atoms with Gasteiger partial charge in [0.15, 0.2) is 0 Å². The number of carbonyl (C=O) groups is 1. The summed E-state index contributed by atoms with van der Waals surface area (Å²) in [5.41, 5.74) is 0.356. The van der Waals surface area contributed by atoms with E-state index in [0.717, 1.165) is 31.3 Å². The van der Waals surface area contributed by atoms with E-state index >= 15 is 0 Å². The van der Waals surface area contributed by atoms with Crippen LogP contribution in [0.5, 0.6) is 0 Å². The molecule has 0 saturated heterocycles. The summed E-state index contributed by atoms with van der Waals surface area (Å²) in [4.78, 5) is 21.9. The molecule has 1 saturated carbocycles. The molecule has 0 spiro atoms. The van der Waals surface area contributed by atoms with Crippen molar-refractivity contribution in [1.29, 1.82) is 0 Å². The molecule has 1 N–H and O–H groups in total. The third-order valence-corrected chi connectivity index (χ3v) is 2.45. The van der Waals surface area contributed by atoms with Gasteiger partial charge in [-0.3, -0.25) is 0 Å². The quantitative estimate of drug-likeness (QED) is 0.696. The lowest BCUT2D eigenvalue weighted by Gasteiger charge is -2.26. The molecule has 1 amide bonds. The second kappa shape index (κ2) is 5.17. The Kier molecular flexibility index (Phi) is 4.13. The van der Waals surface area contributed by atoms with Gasteiger partial charge in [-0.1, -0.05) is 0 Å². The van der Waals surface area contributed by atoms with Crippen LogP contribution in [0.1, 0.15) is 46.5 Å². The van der Waals surface area contributed by atoms with Gasteiger partial charge in [0.05, 0.1) is 0 Å². The van der Waals surface area contributed by atoms with E-state index in [1.165, 1.54) is 0 Å². The van der Waals surface area contributed by atoms with Crippen molar-refractivity contribution in [1.82, 2.24) is 5.32 Å². The summed E-state index contributed by atoms with van der Waals surface area (Å²) in [6.07, 6.45) is 2.66. The molecule has 0 aromatic heterocycles. The zero-order chi connectivity index (χ0) is 12.2. The van der Waals surface area contributed by atoms with Crippen LogP contribution in [0, 0.1) is 0 Å². The van der Waals surface area contributed by atoms with Crippen molar-refractivity contribution < 1.29 is 14.3 Å². The summed E-state index contributed by atoms with van der Waals surface area (Å²) in [5, 5.41) is 2.82. The number of hydrogen-bond donors (Lipinski definition) is 1. The Morgan fingerprint density at radius 3 is 2.38 bits per heavy atom. The Morgan fingerprint density at radius 2 is 1.94 bits per heavy atom. The van der Waals surface area contributed by atoms with Gasteiger partial charge in [-0.2, -0.15) is 0 Å². The molecule has 0 unspecified atom stereocenters. The van der Waals surface area contributed by atoms with Crippen LogP contribution in [-0.2, 0) is 9.53 Å². The number of rotatable bonds is 1. The van der Waals surface area contributed by atoms with Gasteiger partial charge in [-0.15, -0.1) is 0 Å². The lowest BCUT2D eigenvalue weighted by Crippen LogP contribution is -2.40. The molecular weight excluding hydrogens is 206 g/mol. The zero-order valence-electron chi connectivity index (χ0n) is 10.1. The number of allylic oxidation sites excluding steroid dienone is 1. The minimum absolute atomic E-state index is 0.118. The van der Waals surface area contributed by atoms with E-state index in [9.17, 15) is 9.59 Å². The molecule has 1 aliphatic rings. The van der Waals surface area contributed by atoms with Gasteiger partial charge in [0.25, 0.3) is 0 Å². The highest BCUT2D eigenvalue weighted by Gasteiger charge is 2.22. The molecule has 90 valence electrons. The average Bonchev–Trinajstić information content (AvgIpc) is 2.16. The van der Waals surface area contributed by atoms with Crippen molar-refractivity contribution in [2.24, 2.45) is 0 Å². The van der Waals surface area contributed by atoms with Crippen LogP contribution in [0.15, 0.2) is 5.57 Å². The lowest BCUT2D eigenvalue weighted by atomic mass is 9.92. The Labute approximate surface area is 96.0 Å². The fraction of sp³-hybridized carbons (Fsp3) is 0.750. The summed E-state index contributed by atoms with van der Waals surface area (Å²) >= 11 is 0. The monoisotopic (exact) mass is 225 g/mol. The molecule has 1 aliphatic carbocycles. The van der Waals surface area contributed by atoms with Crippen LogP contribution in [0.2, 0.25) is 0 Å². The van der Waals surface area contributed by atoms with Gasteiger partial charge >= 0.3 is 6.09 Å². The summed E-state index contributed by atoms with van der Waals surface area (Å²) in [6.45, 7) is 5.50. The fourth-order valence-electron chi connectivity index (χ4n) is 1.69. The number of carbonyl (C=O) groups excluding carboxylic acids is 2. The maximum Gasteiger partial charge on any atom is 0.407 e. The van der Waals surface area contributed by atoms with E-state index in [1.54, 1.807) is 0 Å². The average molecular weight is 225 g/mol. The smallest absolute Gasteiger partial charge is 0.407 e. The molecule has 16 heavy (non-hydrogen) atoms. The van der Waals surface area contributed by atoms with Crippen molar-refractivity contribution in [2.45, 2.75) is 58.1 Å². The lowest BCUT2D eigenvalue weighted by molar-refractivity contribution is 0.0496. The highest BCUT2D eigenvalue weighted by molar-refractivity contribution is 5.68. The summed E-state index contributed by atoms with van der Waals surface area (Å²) in [5.74, 6) is 1.94. The first kappa shape index (κ1) is 12.8. The standard InChI is InChI=1S/C12H19NO3/c1-12(2,3)16-11(15)13-10-6-4-9(8-14)5-7-10/h10H,4-7H2,1-3H3,(H,13,15). The van der Waals surface area contributed by atoms with Crippen molar-refractivity contribution in [3.63, 3.8) is 0 Å². The molecular formula is C12H19NO3. The summed E-state index contributed by atoms with van der Waals surface area (Å²) < 4.78 is 5.16. The number of alkyl carbamates (subject to hydrolysis) is 1. The molecule has 0 heterocycles. The predicted molar refractivity (Wildman–Crippen MR) is 60.8 cm³/mol. The Balaban J connectivity index is 2.34. The summed E-state index contributed by atoms with van der Waals surface area (Å²) in [6, 6.07) is 0.118. The molecule has 1 rings (SSSR count). The third-order valence-electron chi connectivity index (χ3n) is 2.45. The van der Waals surface area contributed by atoms with Crippen LogP contribution >= 0.6 is 0 Å². The second-order valence-corrected chi connectivity index (χ2v) is 5.13. The number of ether oxygens (including phenoxy) is 1. The van der Waals surface area contributed by atoms with Crippen LogP contribution in [-0.4, -0.2) is 23.7 Å². The normalized spacial score (nSPS) is 21.2. The summed E-state index contributed by atoms with van der Waals surface area (Å²) in [7, 11) is 0. The van der Waals surface area contributed by atoms with Gasteiger partial charge in [0, 0.05) is 11.6 Å². The van der Waals surface area contributed by atoms with E-state index < -0.39 is 5.60 Å². The molecule has 0 radical (unpaired) electrons. The highest BCUT2D eigenvalue weighted by atomic mass is 16.6. The van der Waals surface area contributed by atoms with E-state index in [1.807, 2.05) is 26.7 Å². The topological polar surface area (TPSA) is 55.4 Å². The Hall–Kier alpha value is -1.28. The first-order valence-electron chi connectivity index (χ1n) is 5.63. The van der Waals surface area contributed by atoms with Crippen LogP contribution in [0.3, 0.4) is 0 Å². The van der Waals surface area contributed by atoms with Crippen LogP contribution in [0.25, 0.3) is 0 Å². The van der Waals surface area contributed by atoms with Gasteiger partial charge in [0.2, 0.25) is 0 Å². The highest BCUT2D eigenvalue weighted by Crippen LogP contribution is 2.21. The molecule has 0 aromatic rings. The largest absolute Gasteiger partial charge is 0.444 e. The second-order valence-electron chi connectivity index (χ2n) is 5.13. The predicted octanol–water partition coefficient (Wildman–Crippen LogP) is 2.21. The Bertz CT molecular complexity index is 301. The Morgan fingerprint density at radius 1 is 1.38 bits per heavy atom. The molecule has 0 aliphatic heterocycles. The fourth-order valence-corrected chi connectivity index (χ4v) is 1.69. The molecule has 4 heteroatoms. The first-order chi connectivity index (χ1) is 7.40. The molecule has 0 atom stereocenters. The van der Waals surface area contributed by atoms with Gasteiger partial charge in [-0.05, 0) is 46.5 Å². The van der Waals surface area contributed by atoms with Gasteiger partial charge in [-0.25, -0.2) is 9.59 Å². The van der Waals surface area contributed by atoms with Crippen LogP contribution in [0.4, 0.5) is 4.79 Å². The van der Waals surface area contributed by atoms with Crippen molar-refractivity contribution >= 4 is 12.0 Å². The van der Waals surface area contributed by atoms with E-state index in [0.29, 0.717) is 0 Å². The van der Waals surface area contributed by atoms with Gasteiger partial charge < -0.3 is 10.1 Å². The molecule has 0 bridgehead atoms. The van der Waals surface area contributed by atoms with E-state index in [2.05, 4.69) is 5.32 Å². The van der Waals surface area contributed by atoms with E-state index in [4.69, 9.17) is 4.74 Å². The van der Waals surface area contributed by atoms with Crippen molar-refractivity contribution in [2.75, 3.05) is 0 Å².